The van der Waals surface area contributed by atoms with E-state index in [2.05, 4.69) is 5.10 Å². The molecule has 1 aliphatic heterocycles. The fourth-order valence-electron chi connectivity index (χ4n) is 2.89. The third kappa shape index (κ3) is 3.39. The van der Waals surface area contributed by atoms with Gasteiger partial charge in [-0.2, -0.15) is 5.10 Å². The average Bonchev–Trinajstić information content (AvgIpc) is 3.20. The van der Waals surface area contributed by atoms with Crippen molar-refractivity contribution in [3.8, 4) is 0 Å². The summed E-state index contributed by atoms with van der Waals surface area (Å²) >= 11 is 0. The maximum Gasteiger partial charge on any atom is 0.223 e. The van der Waals surface area contributed by atoms with E-state index in [0.717, 1.165) is 44.5 Å². The number of carbonyl (C=O) groups is 1. The minimum absolute atomic E-state index is 0.284. The third-order valence-electron chi connectivity index (χ3n) is 4.14. The van der Waals surface area contributed by atoms with Crippen molar-refractivity contribution in [3.63, 3.8) is 0 Å². The molecule has 2 aliphatic rings. The number of hydrogen-bond donors (Lipinski definition) is 0. The molecular formula is C15H23N3O2. The van der Waals surface area contributed by atoms with Crippen LogP contribution in [-0.4, -0.2) is 39.8 Å². The first-order valence-corrected chi connectivity index (χ1v) is 7.57. The van der Waals surface area contributed by atoms with Crippen LogP contribution in [0.2, 0.25) is 0 Å². The molecule has 1 unspecified atom stereocenters. The summed E-state index contributed by atoms with van der Waals surface area (Å²) in [5.74, 6) is 0.693. The van der Waals surface area contributed by atoms with E-state index >= 15 is 0 Å². The van der Waals surface area contributed by atoms with Crippen molar-refractivity contribution in [2.45, 2.75) is 44.7 Å². The van der Waals surface area contributed by atoms with Crippen LogP contribution >= 0.6 is 0 Å². The van der Waals surface area contributed by atoms with Gasteiger partial charge in [-0.05, 0) is 31.6 Å². The Morgan fingerprint density at radius 1 is 1.50 bits per heavy atom. The fourth-order valence-corrected chi connectivity index (χ4v) is 2.89. The van der Waals surface area contributed by atoms with Gasteiger partial charge in [0.1, 0.15) is 0 Å². The number of aryl methyl sites for hydroxylation is 1. The number of amides is 1. The van der Waals surface area contributed by atoms with Crippen LogP contribution in [0.5, 0.6) is 0 Å². The minimum Gasteiger partial charge on any atom is -0.381 e. The molecule has 2 heterocycles. The van der Waals surface area contributed by atoms with Crippen LogP contribution in [0.25, 0.3) is 0 Å². The van der Waals surface area contributed by atoms with Gasteiger partial charge in [0, 0.05) is 51.0 Å². The lowest BCUT2D eigenvalue weighted by Gasteiger charge is -2.26. The molecule has 1 aromatic rings. The first-order chi connectivity index (χ1) is 9.72. The molecule has 0 aromatic carbocycles. The highest BCUT2D eigenvalue weighted by Crippen LogP contribution is 2.30. The largest absolute Gasteiger partial charge is 0.381 e. The van der Waals surface area contributed by atoms with Gasteiger partial charge in [0.2, 0.25) is 5.91 Å². The van der Waals surface area contributed by atoms with Gasteiger partial charge in [0.25, 0.3) is 0 Å². The van der Waals surface area contributed by atoms with Gasteiger partial charge in [-0.15, -0.1) is 0 Å². The maximum absolute atomic E-state index is 12.5. The summed E-state index contributed by atoms with van der Waals surface area (Å²) in [6, 6.07) is 0.451. The molecule has 0 radical (unpaired) electrons. The topological polar surface area (TPSA) is 47.4 Å². The molecule has 0 bridgehead atoms. The smallest absolute Gasteiger partial charge is 0.223 e. The third-order valence-corrected chi connectivity index (χ3v) is 4.14. The molecule has 0 N–H and O–H groups in total. The number of hydrogen-bond acceptors (Lipinski definition) is 3. The Kier molecular flexibility index (Phi) is 4.05. The summed E-state index contributed by atoms with van der Waals surface area (Å²) in [5, 5.41) is 4.18. The molecule has 2 fully saturated rings. The molecule has 1 aromatic heterocycles. The molecule has 5 heteroatoms. The van der Waals surface area contributed by atoms with Crippen LogP contribution in [-0.2, 0) is 23.1 Å². The lowest BCUT2D eigenvalue weighted by molar-refractivity contribution is -0.134. The Balaban J connectivity index is 1.59. The Morgan fingerprint density at radius 2 is 2.35 bits per heavy atom. The van der Waals surface area contributed by atoms with Gasteiger partial charge in [-0.3, -0.25) is 9.48 Å². The number of carbonyl (C=O) groups excluding carboxylic acids is 1. The molecule has 20 heavy (non-hydrogen) atoms. The first-order valence-electron chi connectivity index (χ1n) is 7.57. The zero-order valence-electron chi connectivity index (χ0n) is 12.1. The molecule has 1 amide bonds. The van der Waals surface area contributed by atoms with E-state index in [9.17, 15) is 4.79 Å². The van der Waals surface area contributed by atoms with Gasteiger partial charge in [0.15, 0.2) is 0 Å². The summed E-state index contributed by atoms with van der Waals surface area (Å²) in [7, 11) is 1.91. The van der Waals surface area contributed by atoms with Crippen molar-refractivity contribution in [3.05, 3.63) is 18.0 Å². The molecule has 110 valence electrons. The van der Waals surface area contributed by atoms with Crippen molar-refractivity contribution >= 4 is 5.91 Å². The van der Waals surface area contributed by atoms with Crippen LogP contribution in [0.1, 0.15) is 37.7 Å². The number of aromatic nitrogens is 2. The highest BCUT2D eigenvalue weighted by molar-refractivity contribution is 5.77. The molecule has 1 atom stereocenters. The second kappa shape index (κ2) is 5.95. The lowest BCUT2D eigenvalue weighted by atomic mass is 9.98. The SMILES string of the molecule is Cn1cc(CN(C(=O)CC2CCCOC2)C2CC2)cn1. The maximum atomic E-state index is 12.5. The van der Waals surface area contributed by atoms with E-state index in [1.54, 1.807) is 4.68 Å². The molecule has 1 aliphatic carbocycles. The van der Waals surface area contributed by atoms with E-state index in [1.807, 2.05) is 24.3 Å². The molecular weight excluding hydrogens is 254 g/mol. The predicted molar refractivity (Wildman–Crippen MR) is 74.9 cm³/mol. The Bertz CT molecular complexity index is 461. The lowest BCUT2D eigenvalue weighted by Crippen LogP contribution is -2.35. The van der Waals surface area contributed by atoms with Gasteiger partial charge >= 0.3 is 0 Å². The molecule has 1 saturated heterocycles. The number of nitrogens with zero attached hydrogens (tertiary/aromatic N) is 3. The zero-order valence-corrected chi connectivity index (χ0v) is 12.1. The quantitative estimate of drug-likeness (QED) is 0.823. The second-order valence-corrected chi connectivity index (χ2v) is 6.06. The average molecular weight is 277 g/mol. The minimum atomic E-state index is 0.284. The Labute approximate surface area is 119 Å². The summed E-state index contributed by atoms with van der Waals surface area (Å²) in [4.78, 5) is 14.6. The van der Waals surface area contributed by atoms with Crippen LogP contribution in [0.3, 0.4) is 0 Å². The van der Waals surface area contributed by atoms with Crippen LogP contribution in [0.4, 0.5) is 0 Å². The standard InChI is InChI=1S/C15H23N3O2/c1-17-9-13(8-16-17)10-18(14-4-5-14)15(19)7-12-3-2-6-20-11-12/h8-9,12,14H,2-7,10-11H2,1H3. The van der Waals surface area contributed by atoms with E-state index in [1.165, 1.54) is 0 Å². The number of ether oxygens (including phenoxy) is 1. The van der Waals surface area contributed by atoms with Crippen molar-refractivity contribution in [2.24, 2.45) is 13.0 Å². The van der Waals surface area contributed by atoms with Gasteiger partial charge in [0.05, 0.1) is 6.20 Å². The molecule has 3 rings (SSSR count). The van der Waals surface area contributed by atoms with Gasteiger partial charge < -0.3 is 9.64 Å². The van der Waals surface area contributed by atoms with Crippen LogP contribution < -0.4 is 0 Å². The van der Waals surface area contributed by atoms with E-state index in [0.29, 0.717) is 24.9 Å². The first kappa shape index (κ1) is 13.6. The van der Waals surface area contributed by atoms with Gasteiger partial charge in [-0.25, -0.2) is 0 Å². The van der Waals surface area contributed by atoms with Gasteiger partial charge in [-0.1, -0.05) is 0 Å². The summed E-state index contributed by atoms with van der Waals surface area (Å²) in [6.07, 6.45) is 8.98. The van der Waals surface area contributed by atoms with Crippen molar-refractivity contribution < 1.29 is 9.53 Å². The summed E-state index contributed by atoms with van der Waals surface area (Å²) < 4.78 is 7.27. The van der Waals surface area contributed by atoms with Crippen molar-refractivity contribution in [2.75, 3.05) is 13.2 Å². The summed E-state index contributed by atoms with van der Waals surface area (Å²) in [6.45, 7) is 2.30. The van der Waals surface area contributed by atoms with Crippen molar-refractivity contribution in [1.29, 1.82) is 0 Å². The molecule has 0 spiro atoms. The highest BCUT2D eigenvalue weighted by atomic mass is 16.5. The van der Waals surface area contributed by atoms with E-state index in [-0.39, 0.29) is 5.91 Å². The fraction of sp³-hybridized carbons (Fsp3) is 0.733. The van der Waals surface area contributed by atoms with Crippen LogP contribution in [0.15, 0.2) is 12.4 Å². The van der Waals surface area contributed by atoms with E-state index < -0.39 is 0 Å². The summed E-state index contributed by atoms with van der Waals surface area (Å²) in [5.41, 5.74) is 1.12. The van der Waals surface area contributed by atoms with Crippen LogP contribution in [0, 0.1) is 5.92 Å². The molecule has 5 nitrogen and oxygen atoms in total. The normalized spacial score (nSPS) is 22.8. The predicted octanol–water partition coefficient (Wildman–Crippen LogP) is 1.73. The Morgan fingerprint density at radius 3 is 2.95 bits per heavy atom. The number of rotatable bonds is 5. The molecule has 1 saturated carbocycles. The van der Waals surface area contributed by atoms with E-state index in [4.69, 9.17) is 4.74 Å². The van der Waals surface area contributed by atoms with Crippen molar-refractivity contribution in [1.82, 2.24) is 14.7 Å². The zero-order chi connectivity index (χ0) is 13.9. The monoisotopic (exact) mass is 277 g/mol. The second-order valence-electron chi connectivity index (χ2n) is 6.06. The Hall–Kier alpha value is -1.36. The highest BCUT2D eigenvalue weighted by Gasteiger charge is 2.33.